The number of benzene rings is 1. The largest absolute Gasteiger partial charge is 0.352 e. The van der Waals surface area contributed by atoms with Crippen LogP contribution in [0.1, 0.15) is 16.8 Å². The quantitative estimate of drug-likeness (QED) is 0.443. The van der Waals surface area contributed by atoms with Crippen molar-refractivity contribution in [2.45, 2.75) is 19.5 Å². The van der Waals surface area contributed by atoms with Crippen molar-refractivity contribution in [3.8, 4) is 9.88 Å². The second-order valence-electron chi connectivity index (χ2n) is 6.68. The Kier molecular flexibility index (Phi) is 6.42. The number of halogens is 1. The molecule has 0 bridgehead atoms. The van der Waals surface area contributed by atoms with E-state index in [2.05, 4.69) is 10.3 Å². The standard InChI is InChI=1S/C22H18ClN3O2S2/c23-19-9-8-18(30-19)22-25-17(14-29-22)11-20(27)24-12-15-4-6-16(7-5-15)13-26-10-2-1-3-21(26)28/h1-10,14H,11-13H2,(H,24,27). The minimum absolute atomic E-state index is 0.0267. The number of thiophene rings is 1. The lowest BCUT2D eigenvalue weighted by Crippen LogP contribution is -2.24. The molecule has 1 amide bonds. The van der Waals surface area contributed by atoms with Crippen molar-refractivity contribution in [3.63, 3.8) is 0 Å². The van der Waals surface area contributed by atoms with Gasteiger partial charge in [-0.3, -0.25) is 9.59 Å². The van der Waals surface area contributed by atoms with Crippen molar-refractivity contribution in [1.82, 2.24) is 14.9 Å². The fourth-order valence-electron chi connectivity index (χ4n) is 2.91. The Balaban J connectivity index is 1.29. The zero-order valence-electron chi connectivity index (χ0n) is 15.9. The zero-order chi connectivity index (χ0) is 20.9. The fraction of sp³-hybridized carbons (Fsp3) is 0.136. The Bertz CT molecular complexity index is 1210. The molecule has 1 aromatic carbocycles. The molecule has 0 fully saturated rings. The first-order chi connectivity index (χ1) is 14.6. The second kappa shape index (κ2) is 9.38. The number of carbonyl (C=O) groups is 1. The van der Waals surface area contributed by atoms with Crippen molar-refractivity contribution in [2.24, 2.45) is 0 Å². The molecule has 5 nitrogen and oxygen atoms in total. The number of nitrogens with one attached hydrogen (secondary N) is 1. The number of amides is 1. The number of thiazole rings is 1. The summed E-state index contributed by atoms with van der Waals surface area (Å²) in [7, 11) is 0. The van der Waals surface area contributed by atoms with Crippen molar-refractivity contribution in [1.29, 1.82) is 0 Å². The Hall–Kier alpha value is -2.74. The molecule has 3 aromatic heterocycles. The lowest BCUT2D eigenvalue weighted by Gasteiger charge is -2.08. The van der Waals surface area contributed by atoms with E-state index in [4.69, 9.17) is 11.6 Å². The molecule has 0 saturated carbocycles. The van der Waals surface area contributed by atoms with E-state index in [0.29, 0.717) is 13.1 Å². The van der Waals surface area contributed by atoms with Gasteiger partial charge in [0.05, 0.1) is 27.9 Å². The SMILES string of the molecule is O=C(Cc1csc(-c2ccc(Cl)s2)n1)NCc1ccc(Cn2ccccc2=O)cc1. The molecule has 0 spiro atoms. The fourth-order valence-corrected chi connectivity index (χ4v) is 4.84. The van der Waals surface area contributed by atoms with Crippen LogP contribution in [0.15, 0.2) is 71.0 Å². The molecule has 0 aliphatic heterocycles. The van der Waals surface area contributed by atoms with Crippen LogP contribution in [0.25, 0.3) is 9.88 Å². The lowest BCUT2D eigenvalue weighted by atomic mass is 10.1. The normalized spacial score (nSPS) is 10.8. The van der Waals surface area contributed by atoms with Gasteiger partial charge in [0.2, 0.25) is 5.91 Å². The monoisotopic (exact) mass is 455 g/mol. The summed E-state index contributed by atoms with van der Waals surface area (Å²) >= 11 is 8.96. The number of nitrogens with zero attached hydrogens (tertiary/aromatic N) is 2. The summed E-state index contributed by atoms with van der Waals surface area (Å²) in [4.78, 5) is 29.6. The molecule has 0 aliphatic rings. The van der Waals surface area contributed by atoms with Gasteiger partial charge in [0.15, 0.2) is 0 Å². The van der Waals surface area contributed by atoms with Gasteiger partial charge < -0.3 is 9.88 Å². The summed E-state index contributed by atoms with van der Waals surface area (Å²) in [5, 5.41) is 5.71. The van der Waals surface area contributed by atoms with E-state index < -0.39 is 0 Å². The summed E-state index contributed by atoms with van der Waals surface area (Å²) in [6, 6.07) is 16.8. The Morgan fingerprint density at radius 2 is 1.87 bits per heavy atom. The molecule has 4 rings (SSSR count). The first-order valence-corrected chi connectivity index (χ1v) is 11.3. The van der Waals surface area contributed by atoms with E-state index >= 15 is 0 Å². The van der Waals surface area contributed by atoms with Crippen molar-refractivity contribution >= 4 is 40.2 Å². The molecule has 0 atom stereocenters. The van der Waals surface area contributed by atoms with Gasteiger partial charge in [-0.15, -0.1) is 22.7 Å². The number of pyridine rings is 1. The molecule has 0 unspecified atom stereocenters. The predicted octanol–water partition coefficient (Wildman–Crippen LogP) is 4.59. The molecule has 0 aliphatic carbocycles. The van der Waals surface area contributed by atoms with Crippen LogP contribution in [0.4, 0.5) is 0 Å². The molecule has 152 valence electrons. The van der Waals surface area contributed by atoms with Crippen LogP contribution in [-0.2, 0) is 24.3 Å². The van der Waals surface area contributed by atoms with Gasteiger partial charge in [-0.1, -0.05) is 41.9 Å². The van der Waals surface area contributed by atoms with Gasteiger partial charge in [0.1, 0.15) is 5.01 Å². The van der Waals surface area contributed by atoms with Gasteiger partial charge in [-0.05, 0) is 29.3 Å². The van der Waals surface area contributed by atoms with Gasteiger partial charge in [-0.25, -0.2) is 4.98 Å². The summed E-state index contributed by atoms with van der Waals surface area (Å²) in [5.41, 5.74) is 2.75. The molecule has 30 heavy (non-hydrogen) atoms. The molecule has 4 aromatic rings. The Morgan fingerprint density at radius 3 is 2.60 bits per heavy atom. The van der Waals surface area contributed by atoms with Gasteiger partial charge in [0.25, 0.3) is 5.56 Å². The third-order valence-electron chi connectivity index (χ3n) is 4.44. The molecule has 0 saturated heterocycles. The van der Waals surface area contributed by atoms with E-state index in [1.54, 1.807) is 22.9 Å². The summed E-state index contributed by atoms with van der Waals surface area (Å²) in [5.74, 6) is -0.0732. The van der Waals surface area contributed by atoms with Gasteiger partial charge >= 0.3 is 0 Å². The van der Waals surface area contributed by atoms with Crippen LogP contribution in [0.5, 0.6) is 0 Å². The minimum atomic E-state index is -0.0732. The number of hydrogen-bond donors (Lipinski definition) is 1. The van der Waals surface area contributed by atoms with Crippen LogP contribution < -0.4 is 10.9 Å². The molecular formula is C22H18ClN3O2S2. The maximum absolute atomic E-state index is 12.3. The van der Waals surface area contributed by atoms with E-state index in [1.807, 2.05) is 47.8 Å². The Morgan fingerprint density at radius 1 is 1.07 bits per heavy atom. The third-order valence-corrected chi connectivity index (χ3v) is 6.73. The predicted molar refractivity (Wildman–Crippen MR) is 122 cm³/mol. The highest BCUT2D eigenvalue weighted by atomic mass is 35.5. The van der Waals surface area contributed by atoms with Gasteiger partial charge in [0, 0.05) is 24.2 Å². The van der Waals surface area contributed by atoms with Crippen LogP contribution in [0, 0.1) is 0 Å². The van der Waals surface area contributed by atoms with Crippen LogP contribution in [0.3, 0.4) is 0 Å². The molecule has 3 heterocycles. The smallest absolute Gasteiger partial charge is 0.250 e. The average Bonchev–Trinajstić information content (AvgIpc) is 3.38. The average molecular weight is 456 g/mol. The maximum atomic E-state index is 12.3. The molecule has 8 heteroatoms. The highest BCUT2D eigenvalue weighted by molar-refractivity contribution is 7.23. The van der Waals surface area contributed by atoms with Crippen LogP contribution >= 0.6 is 34.3 Å². The number of hydrogen-bond acceptors (Lipinski definition) is 5. The Labute approximate surface area is 186 Å². The zero-order valence-corrected chi connectivity index (χ0v) is 18.3. The molecular weight excluding hydrogens is 438 g/mol. The second-order valence-corrected chi connectivity index (χ2v) is 9.26. The summed E-state index contributed by atoms with van der Waals surface area (Å²) in [6.07, 6.45) is 2.01. The van der Waals surface area contributed by atoms with E-state index in [0.717, 1.165) is 31.0 Å². The maximum Gasteiger partial charge on any atom is 0.250 e. The molecule has 0 radical (unpaired) electrons. The highest BCUT2D eigenvalue weighted by Gasteiger charge is 2.10. The lowest BCUT2D eigenvalue weighted by molar-refractivity contribution is -0.120. The first-order valence-electron chi connectivity index (χ1n) is 9.27. The molecule has 1 N–H and O–H groups in total. The highest BCUT2D eigenvalue weighted by Crippen LogP contribution is 2.32. The van der Waals surface area contributed by atoms with Gasteiger partial charge in [-0.2, -0.15) is 0 Å². The third kappa shape index (κ3) is 5.24. The topological polar surface area (TPSA) is 64.0 Å². The van der Waals surface area contributed by atoms with E-state index in [1.165, 1.54) is 22.7 Å². The minimum Gasteiger partial charge on any atom is -0.352 e. The summed E-state index contributed by atoms with van der Waals surface area (Å²) < 4.78 is 2.38. The van der Waals surface area contributed by atoms with Crippen LogP contribution in [0.2, 0.25) is 4.34 Å². The number of rotatable bonds is 7. The van der Waals surface area contributed by atoms with E-state index in [-0.39, 0.29) is 17.9 Å². The summed E-state index contributed by atoms with van der Waals surface area (Å²) in [6.45, 7) is 0.968. The van der Waals surface area contributed by atoms with Crippen molar-refractivity contribution in [3.05, 3.63) is 97.7 Å². The van der Waals surface area contributed by atoms with Crippen molar-refractivity contribution < 1.29 is 4.79 Å². The first kappa shape index (κ1) is 20.5. The van der Waals surface area contributed by atoms with Crippen molar-refractivity contribution in [2.75, 3.05) is 0 Å². The number of aromatic nitrogens is 2. The van der Waals surface area contributed by atoms with E-state index in [9.17, 15) is 9.59 Å². The van der Waals surface area contributed by atoms with Crippen LogP contribution in [-0.4, -0.2) is 15.5 Å². The number of carbonyl (C=O) groups excluding carboxylic acids is 1.